The van der Waals surface area contributed by atoms with E-state index in [1.807, 2.05) is 38.1 Å². The topological polar surface area (TPSA) is 46.2 Å². The normalized spacial score (nSPS) is 13.2. The molecule has 0 spiro atoms. The molecule has 0 aromatic heterocycles. The maximum Gasteiger partial charge on any atom is 0.0604 e. The smallest absolute Gasteiger partial charge is 0.0604 e. The van der Waals surface area contributed by atoms with Gasteiger partial charge in [-0.05, 0) is 17.5 Å². The SMILES string of the molecule is CC(C)C(O)Cc1ccccc1N. The largest absolute Gasteiger partial charge is 0.399 e. The first-order valence-corrected chi connectivity index (χ1v) is 4.62. The van der Waals surface area contributed by atoms with Crippen LogP contribution in [0.3, 0.4) is 0 Å². The minimum atomic E-state index is -0.301. The summed E-state index contributed by atoms with van der Waals surface area (Å²) in [7, 11) is 0. The van der Waals surface area contributed by atoms with E-state index in [1.54, 1.807) is 0 Å². The Labute approximate surface area is 79.4 Å². The molecule has 0 aliphatic carbocycles. The van der Waals surface area contributed by atoms with Crippen LogP contribution in [0.5, 0.6) is 0 Å². The van der Waals surface area contributed by atoms with Crippen LogP contribution in [0.25, 0.3) is 0 Å². The predicted octanol–water partition coefficient (Wildman–Crippen LogP) is 1.83. The Balaban J connectivity index is 2.69. The molecule has 0 radical (unpaired) electrons. The number of aliphatic hydroxyl groups excluding tert-OH is 1. The zero-order chi connectivity index (χ0) is 9.84. The number of anilines is 1. The van der Waals surface area contributed by atoms with Crippen LogP contribution in [0.4, 0.5) is 5.69 Å². The van der Waals surface area contributed by atoms with Gasteiger partial charge >= 0.3 is 0 Å². The molecule has 2 nitrogen and oxygen atoms in total. The first-order chi connectivity index (χ1) is 6.11. The van der Waals surface area contributed by atoms with E-state index in [2.05, 4.69) is 0 Å². The van der Waals surface area contributed by atoms with Gasteiger partial charge < -0.3 is 10.8 Å². The Kier molecular flexibility index (Phi) is 3.32. The number of benzene rings is 1. The molecule has 1 aromatic rings. The highest BCUT2D eigenvalue weighted by atomic mass is 16.3. The lowest BCUT2D eigenvalue weighted by Gasteiger charge is -2.15. The lowest BCUT2D eigenvalue weighted by molar-refractivity contribution is 0.126. The number of rotatable bonds is 3. The zero-order valence-corrected chi connectivity index (χ0v) is 8.20. The van der Waals surface area contributed by atoms with Crippen LogP contribution in [0, 0.1) is 5.92 Å². The molecule has 3 N–H and O–H groups in total. The van der Waals surface area contributed by atoms with E-state index in [4.69, 9.17) is 5.73 Å². The summed E-state index contributed by atoms with van der Waals surface area (Å²) in [5, 5.41) is 9.65. The third kappa shape index (κ3) is 2.74. The molecular weight excluding hydrogens is 162 g/mol. The molecule has 0 saturated carbocycles. The van der Waals surface area contributed by atoms with Crippen LogP contribution < -0.4 is 5.73 Å². The zero-order valence-electron chi connectivity index (χ0n) is 8.20. The second-order valence-corrected chi connectivity index (χ2v) is 3.71. The molecule has 1 aromatic carbocycles. The molecule has 0 aliphatic rings. The van der Waals surface area contributed by atoms with Gasteiger partial charge in [0.1, 0.15) is 0 Å². The van der Waals surface area contributed by atoms with Crippen LogP contribution >= 0.6 is 0 Å². The maximum atomic E-state index is 9.65. The van der Waals surface area contributed by atoms with Crippen molar-refractivity contribution in [3.8, 4) is 0 Å². The summed E-state index contributed by atoms with van der Waals surface area (Å²) in [6.07, 6.45) is 0.342. The number of hydrogen-bond acceptors (Lipinski definition) is 2. The number of hydrogen-bond donors (Lipinski definition) is 2. The molecule has 0 saturated heterocycles. The lowest BCUT2D eigenvalue weighted by Crippen LogP contribution is -2.18. The van der Waals surface area contributed by atoms with E-state index in [0.29, 0.717) is 6.42 Å². The Hall–Kier alpha value is -1.02. The van der Waals surface area contributed by atoms with Gasteiger partial charge in [-0.15, -0.1) is 0 Å². The molecule has 0 fully saturated rings. The van der Waals surface area contributed by atoms with Crippen molar-refractivity contribution in [3.05, 3.63) is 29.8 Å². The minimum absolute atomic E-state index is 0.277. The number of para-hydroxylation sites is 1. The van der Waals surface area contributed by atoms with Crippen molar-refractivity contribution in [3.63, 3.8) is 0 Å². The van der Waals surface area contributed by atoms with Crippen LogP contribution in [0.15, 0.2) is 24.3 Å². The fraction of sp³-hybridized carbons (Fsp3) is 0.455. The number of nitrogens with two attached hydrogens (primary N) is 1. The van der Waals surface area contributed by atoms with E-state index >= 15 is 0 Å². The molecule has 0 heterocycles. The number of aliphatic hydroxyl groups is 1. The van der Waals surface area contributed by atoms with Gasteiger partial charge in [0.05, 0.1) is 6.10 Å². The standard InChI is InChI=1S/C11H17NO/c1-8(2)11(13)7-9-5-3-4-6-10(9)12/h3-6,8,11,13H,7,12H2,1-2H3. The molecule has 1 atom stereocenters. The summed E-state index contributed by atoms with van der Waals surface area (Å²) in [4.78, 5) is 0. The van der Waals surface area contributed by atoms with Crippen LogP contribution in [0.1, 0.15) is 19.4 Å². The molecule has 2 heteroatoms. The van der Waals surface area contributed by atoms with Crippen LogP contribution in [0.2, 0.25) is 0 Å². The summed E-state index contributed by atoms with van der Waals surface area (Å²) in [6.45, 7) is 4.01. The molecule has 1 rings (SSSR count). The van der Waals surface area contributed by atoms with Crippen molar-refractivity contribution in [1.29, 1.82) is 0 Å². The third-order valence-corrected chi connectivity index (χ3v) is 2.25. The number of nitrogen functional groups attached to an aromatic ring is 1. The average molecular weight is 179 g/mol. The average Bonchev–Trinajstić information content (AvgIpc) is 2.08. The molecule has 72 valence electrons. The molecule has 1 unspecified atom stereocenters. The Morgan fingerprint density at radius 2 is 1.92 bits per heavy atom. The third-order valence-electron chi connectivity index (χ3n) is 2.25. The quantitative estimate of drug-likeness (QED) is 0.695. The monoisotopic (exact) mass is 179 g/mol. The molecule has 0 aliphatic heterocycles. The maximum absolute atomic E-state index is 9.65. The molecule has 0 amide bonds. The summed E-state index contributed by atoms with van der Waals surface area (Å²) in [5.74, 6) is 0.277. The first-order valence-electron chi connectivity index (χ1n) is 4.62. The molecule has 0 bridgehead atoms. The van der Waals surface area contributed by atoms with Crippen molar-refractivity contribution in [1.82, 2.24) is 0 Å². The van der Waals surface area contributed by atoms with E-state index in [0.717, 1.165) is 11.3 Å². The van der Waals surface area contributed by atoms with Crippen molar-refractivity contribution < 1.29 is 5.11 Å². The van der Waals surface area contributed by atoms with E-state index in [1.165, 1.54) is 0 Å². The lowest BCUT2D eigenvalue weighted by atomic mass is 9.98. The van der Waals surface area contributed by atoms with Gasteiger partial charge in [0.25, 0.3) is 0 Å². The highest BCUT2D eigenvalue weighted by molar-refractivity contribution is 5.46. The summed E-state index contributed by atoms with van der Waals surface area (Å²) >= 11 is 0. The van der Waals surface area contributed by atoms with Crippen molar-refractivity contribution in [2.45, 2.75) is 26.4 Å². The Morgan fingerprint density at radius 1 is 1.31 bits per heavy atom. The highest BCUT2D eigenvalue weighted by Gasteiger charge is 2.10. The van der Waals surface area contributed by atoms with E-state index in [-0.39, 0.29) is 12.0 Å². The summed E-state index contributed by atoms with van der Waals surface area (Å²) in [6, 6.07) is 7.67. The van der Waals surface area contributed by atoms with Gasteiger partial charge in [0, 0.05) is 12.1 Å². The summed E-state index contributed by atoms with van der Waals surface area (Å²) < 4.78 is 0. The van der Waals surface area contributed by atoms with Crippen LogP contribution in [-0.4, -0.2) is 11.2 Å². The van der Waals surface area contributed by atoms with E-state index < -0.39 is 0 Å². The summed E-state index contributed by atoms with van der Waals surface area (Å²) in [5.41, 5.74) is 7.56. The van der Waals surface area contributed by atoms with Crippen molar-refractivity contribution >= 4 is 5.69 Å². The van der Waals surface area contributed by atoms with Gasteiger partial charge in [-0.3, -0.25) is 0 Å². The minimum Gasteiger partial charge on any atom is -0.399 e. The Morgan fingerprint density at radius 3 is 2.46 bits per heavy atom. The second kappa shape index (κ2) is 4.28. The predicted molar refractivity (Wildman–Crippen MR) is 55.4 cm³/mol. The van der Waals surface area contributed by atoms with Crippen molar-refractivity contribution in [2.75, 3.05) is 5.73 Å². The van der Waals surface area contributed by atoms with Gasteiger partial charge in [-0.1, -0.05) is 32.0 Å². The Bertz CT molecular complexity index is 271. The van der Waals surface area contributed by atoms with Crippen molar-refractivity contribution in [2.24, 2.45) is 5.92 Å². The van der Waals surface area contributed by atoms with E-state index in [9.17, 15) is 5.11 Å². The first kappa shape index (κ1) is 10.1. The molecule has 13 heavy (non-hydrogen) atoms. The van der Waals surface area contributed by atoms with Gasteiger partial charge in [-0.25, -0.2) is 0 Å². The highest BCUT2D eigenvalue weighted by Crippen LogP contribution is 2.15. The second-order valence-electron chi connectivity index (χ2n) is 3.71. The fourth-order valence-corrected chi connectivity index (χ4v) is 1.18. The van der Waals surface area contributed by atoms with Gasteiger partial charge in [0.15, 0.2) is 0 Å². The molecular formula is C11H17NO. The fourth-order valence-electron chi connectivity index (χ4n) is 1.18. The van der Waals surface area contributed by atoms with Crippen LogP contribution in [-0.2, 0) is 6.42 Å². The van der Waals surface area contributed by atoms with Gasteiger partial charge in [0.2, 0.25) is 0 Å². The van der Waals surface area contributed by atoms with Gasteiger partial charge in [-0.2, -0.15) is 0 Å².